The summed E-state index contributed by atoms with van der Waals surface area (Å²) in [5.41, 5.74) is 0.477. The molecule has 0 aliphatic rings. The Morgan fingerprint density at radius 1 is 1.10 bits per heavy atom. The number of carbonyl (C=O) groups is 2. The quantitative estimate of drug-likeness (QED) is 0.582. The van der Waals surface area contributed by atoms with E-state index in [9.17, 15) is 19.2 Å². The summed E-state index contributed by atoms with van der Waals surface area (Å²) in [7, 11) is 0. The molecule has 9 heteroatoms. The van der Waals surface area contributed by atoms with Gasteiger partial charge in [-0.05, 0) is 48.6 Å². The van der Waals surface area contributed by atoms with Crippen LogP contribution in [0.1, 0.15) is 31.1 Å². The van der Waals surface area contributed by atoms with Gasteiger partial charge in [-0.25, -0.2) is 9.59 Å². The molecule has 3 aromatic rings. The van der Waals surface area contributed by atoms with Gasteiger partial charge in [0.15, 0.2) is 0 Å². The van der Waals surface area contributed by atoms with Crippen LogP contribution >= 0.6 is 11.3 Å². The first-order valence-electron chi connectivity index (χ1n) is 9.59. The molecule has 2 heterocycles. The van der Waals surface area contributed by atoms with Gasteiger partial charge in [-0.3, -0.25) is 18.7 Å². The molecule has 0 aliphatic heterocycles. The van der Waals surface area contributed by atoms with Crippen LogP contribution < -0.4 is 16.6 Å². The van der Waals surface area contributed by atoms with Crippen molar-refractivity contribution in [3.05, 3.63) is 62.1 Å². The summed E-state index contributed by atoms with van der Waals surface area (Å²) in [6, 6.07) is 7.96. The highest BCUT2D eigenvalue weighted by Gasteiger charge is 2.17. The number of fused-ring (bicyclic) bond motifs is 1. The number of nitrogens with one attached hydrogen (secondary N) is 1. The number of hydrogen-bond acceptors (Lipinski definition) is 6. The van der Waals surface area contributed by atoms with Crippen LogP contribution in [0.25, 0.3) is 10.2 Å². The number of anilines is 1. The third kappa shape index (κ3) is 4.51. The van der Waals surface area contributed by atoms with Gasteiger partial charge in [0.05, 0.1) is 17.7 Å². The SMILES string of the molecule is CCOC(=O)c1ccc(NC(=O)Cn2c(=O)n(CC(C)C)c(=O)c3sccc32)cc1. The third-order valence-electron chi connectivity index (χ3n) is 4.37. The minimum atomic E-state index is -0.507. The summed E-state index contributed by atoms with van der Waals surface area (Å²) in [4.78, 5) is 49.8. The van der Waals surface area contributed by atoms with E-state index < -0.39 is 17.6 Å². The Kier molecular flexibility index (Phi) is 6.51. The molecule has 8 nitrogen and oxygen atoms in total. The van der Waals surface area contributed by atoms with E-state index in [0.717, 1.165) is 0 Å². The molecule has 2 aromatic heterocycles. The topological polar surface area (TPSA) is 99.4 Å². The van der Waals surface area contributed by atoms with Gasteiger partial charge in [0.25, 0.3) is 5.56 Å². The molecule has 0 aliphatic carbocycles. The van der Waals surface area contributed by atoms with Crippen LogP contribution in [0.3, 0.4) is 0 Å². The maximum atomic E-state index is 12.9. The lowest BCUT2D eigenvalue weighted by Gasteiger charge is -2.13. The zero-order valence-electron chi connectivity index (χ0n) is 17.0. The van der Waals surface area contributed by atoms with E-state index in [2.05, 4.69) is 5.32 Å². The van der Waals surface area contributed by atoms with Crippen LogP contribution in [0.2, 0.25) is 0 Å². The Labute approximate surface area is 176 Å². The molecule has 1 aromatic carbocycles. The molecular formula is C21H23N3O5S. The fraction of sp³-hybridized carbons (Fsp3) is 0.333. The van der Waals surface area contributed by atoms with Gasteiger partial charge in [0.2, 0.25) is 5.91 Å². The maximum Gasteiger partial charge on any atom is 0.338 e. The number of esters is 1. The van der Waals surface area contributed by atoms with Crippen LogP contribution in [0, 0.1) is 5.92 Å². The first kappa shape index (κ1) is 21.5. The largest absolute Gasteiger partial charge is 0.462 e. The molecule has 1 amide bonds. The highest BCUT2D eigenvalue weighted by molar-refractivity contribution is 7.17. The molecule has 0 atom stereocenters. The van der Waals surface area contributed by atoms with Crippen LogP contribution in [0.15, 0.2) is 45.3 Å². The smallest absolute Gasteiger partial charge is 0.338 e. The van der Waals surface area contributed by atoms with Gasteiger partial charge in [0.1, 0.15) is 11.2 Å². The van der Waals surface area contributed by atoms with Crippen LogP contribution in [-0.4, -0.2) is 27.6 Å². The number of benzene rings is 1. The highest BCUT2D eigenvalue weighted by atomic mass is 32.1. The van der Waals surface area contributed by atoms with E-state index in [4.69, 9.17) is 4.74 Å². The molecule has 158 valence electrons. The van der Waals surface area contributed by atoms with Crippen molar-refractivity contribution in [3.8, 4) is 0 Å². The molecule has 0 saturated carbocycles. The number of ether oxygens (including phenoxy) is 1. The number of amides is 1. The standard InChI is InChI=1S/C21H23N3O5S/c1-4-29-20(27)14-5-7-15(8-6-14)22-17(25)12-23-16-9-10-30-18(16)19(26)24(21(23)28)11-13(2)3/h5-10,13H,4,11-12H2,1-3H3,(H,22,25). The van der Waals surface area contributed by atoms with Gasteiger partial charge >= 0.3 is 11.7 Å². The van der Waals surface area contributed by atoms with Crippen molar-refractivity contribution in [2.45, 2.75) is 33.9 Å². The summed E-state index contributed by atoms with van der Waals surface area (Å²) in [6.45, 7) is 5.89. The Hall–Kier alpha value is -3.20. The van der Waals surface area contributed by atoms with Crippen molar-refractivity contribution < 1.29 is 14.3 Å². The van der Waals surface area contributed by atoms with Crippen molar-refractivity contribution in [1.29, 1.82) is 0 Å². The normalized spacial score (nSPS) is 11.1. The van der Waals surface area contributed by atoms with Crippen LogP contribution in [-0.2, 0) is 22.6 Å². The van der Waals surface area contributed by atoms with Crippen molar-refractivity contribution >= 4 is 39.1 Å². The summed E-state index contributed by atoms with van der Waals surface area (Å²) >= 11 is 1.25. The van der Waals surface area contributed by atoms with Crippen molar-refractivity contribution in [2.24, 2.45) is 5.92 Å². The van der Waals surface area contributed by atoms with Gasteiger partial charge in [-0.15, -0.1) is 11.3 Å². The Morgan fingerprint density at radius 2 is 1.80 bits per heavy atom. The van der Waals surface area contributed by atoms with E-state index in [-0.39, 0.29) is 31.2 Å². The Bertz CT molecular complexity index is 1190. The molecule has 0 fully saturated rings. The van der Waals surface area contributed by atoms with Gasteiger partial charge in [-0.1, -0.05) is 13.8 Å². The van der Waals surface area contributed by atoms with Gasteiger partial charge in [0, 0.05) is 12.2 Å². The first-order valence-corrected chi connectivity index (χ1v) is 10.5. The fourth-order valence-electron chi connectivity index (χ4n) is 3.06. The second kappa shape index (κ2) is 9.08. The zero-order valence-corrected chi connectivity index (χ0v) is 17.8. The molecular weight excluding hydrogens is 406 g/mol. The van der Waals surface area contributed by atoms with Crippen molar-refractivity contribution in [2.75, 3.05) is 11.9 Å². The molecule has 1 N–H and O–H groups in total. The van der Waals surface area contributed by atoms with Crippen molar-refractivity contribution in [1.82, 2.24) is 9.13 Å². The van der Waals surface area contributed by atoms with E-state index in [1.54, 1.807) is 42.6 Å². The number of nitrogens with zero attached hydrogens (tertiary/aromatic N) is 2. The van der Waals surface area contributed by atoms with Gasteiger partial charge < -0.3 is 10.1 Å². The Morgan fingerprint density at radius 3 is 2.43 bits per heavy atom. The second-order valence-electron chi connectivity index (χ2n) is 7.16. The van der Waals surface area contributed by atoms with Crippen LogP contribution in [0.5, 0.6) is 0 Å². The average Bonchev–Trinajstić information content (AvgIpc) is 3.19. The molecule has 0 spiro atoms. The van der Waals surface area contributed by atoms with Crippen molar-refractivity contribution in [3.63, 3.8) is 0 Å². The lowest BCUT2D eigenvalue weighted by Crippen LogP contribution is -2.42. The molecule has 0 saturated heterocycles. The maximum absolute atomic E-state index is 12.9. The van der Waals surface area contributed by atoms with E-state index >= 15 is 0 Å². The average molecular weight is 429 g/mol. The van der Waals surface area contributed by atoms with E-state index in [0.29, 0.717) is 21.5 Å². The second-order valence-corrected chi connectivity index (χ2v) is 8.08. The number of hydrogen-bond donors (Lipinski definition) is 1. The number of aromatic nitrogens is 2. The highest BCUT2D eigenvalue weighted by Crippen LogP contribution is 2.16. The molecule has 0 unspecified atom stereocenters. The summed E-state index contributed by atoms with van der Waals surface area (Å²) in [5.74, 6) is -0.745. The fourth-order valence-corrected chi connectivity index (χ4v) is 3.90. The lowest BCUT2D eigenvalue weighted by atomic mass is 10.2. The predicted octanol–water partition coefficient (Wildman–Crippen LogP) is 2.70. The monoisotopic (exact) mass is 429 g/mol. The Balaban J connectivity index is 1.85. The molecule has 30 heavy (non-hydrogen) atoms. The third-order valence-corrected chi connectivity index (χ3v) is 5.26. The number of carbonyl (C=O) groups excluding carboxylic acids is 2. The minimum absolute atomic E-state index is 0.105. The molecule has 0 bridgehead atoms. The molecule has 3 rings (SSSR count). The predicted molar refractivity (Wildman–Crippen MR) is 116 cm³/mol. The number of thiophene rings is 1. The van der Waals surface area contributed by atoms with E-state index in [1.165, 1.54) is 20.5 Å². The van der Waals surface area contributed by atoms with Crippen LogP contribution in [0.4, 0.5) is 5.69 Å². The zero-order chi connectivity index (χ0) is 21.8. The molecule has 0 radical (unpaired) electrons. The lowest BCUT2D eigenvalue weighted by molar-refractivity contribution is -0.116. The summed E-state index contributed by atoms with van der Waals surface area (Å²) in [5, 5.41) is 4.44. The first-order chi connectivity index (χ1) is 14.3. The summed E-state index contributed by atoms with van der Waals surface area (Å²) < 4.78 is 7.88. The van der Waals surface area contributed by atoms with Gasteiger partial charge in [-0.2, -0.15) is 0 Å². The number of rotatable bonds is 7. The summed E-state index contributed by atoms with van der Waals surface area (Å²) in [6.07, 6.45) is 0. The minimum Gasteiger partial charge on any atom is -0.462 e. The van der Waals surface area contributed by atoms with E-state index in [1.807, 2.05) is 13.8 Å².